The highest BCUT2D eigenvalue weighted by molar-refractivity contribution is 6.30. The Balaban J connectivity index is 1.40. The van der Waals surface area contributed by atoms with E-state index in [1.807, 2.05) is 67.4 Å². The number of aromatic nitrogens is 1. The minimum Gasteiger partial charge on any atom is -0.339 e. The maximum atomic E-state index is 13.5. The second kappa shape index (κ2) is 8.92. The number of benzene rings is 2. The molecule has 5 heteroatoms. The molecule has 1 fully saturated rings. The zero-order valence-corrected chi connectivity index (χ0v) is 20.1. The molecule has 3 aromatic rings. The standard InChI is InChI=1S/C28H30ClN3O/c1-28(2,22-8-4-3-5-9-22)27(33)32-17-15-31(16-18-32)26-24-13-12-23(29)19-21(24)11-10-20-7-6-14-30-25(20)26/h3-9,12-14,19,26H,10-11,15-18H2,1-2H3. The van der Waals surface area contributed by atoms with Gasteiger partial charge in [0.1, 0.15) is 0 Å². The number of aryl methyl sites for hydroxylation is 2. The van der Waals surface area contributed by atoms with Gasteiger partial charge >= 0.3 is 0 Å². The Hall–Kier alpha value is -2.69. The van der Waals surface area contributed by atoms with Gasteiger partial charge in [-0.1, -0.05) is 54.1 Å². The van der Waals surface area contributed by atoms with Gasteiger partial charge in [0.05, 0.1) is 17.2 Å². The highest BCUT2D eigenvalue weighted by Gasteiger charge is 2.37. The van der Waals surface area contributed by atoms with Crippen LogP contribution in [-0.2, 0) is 23.1 Å². The highest BCUT2D eigenvalue weighted by Crippen LogP contribution is 2.37. The lowest BCUT2D eigenvalue weighted by Gasteiger charge is -2.42. The van der Waals surface area contributed by atoms with Crippen molar-refractivity contribution in [2.24, 2.45) is 0 Å². The van der Waals surface area contributed by atoms with Crippen molar-refractivity contribution in [1.29, 1.82) is 0 Å². The quantitative estimate of drug-likeness (QED) is 0.550. The van der Waals surface area contributed by atoms with Crippen LogP contribution in [0.1, 0.15) is 47.8 Å². The van der Waals surface area contributed by atoms with Gasteiger partial charge in [0.15, 0.2) is 0 Å². The second-order valence-electron chi connectivity index (χ2n) is 9.61. The number of hydrogen-bond acceptors (Lipinski definition) is 3. The lowest BCUT2D eigenvalue weighted by Crippen LogP contribution is -2.54. The Kier molecular flexibility index (Phi) is 5.98. The van der Waals surface area contributed by atoms with E-state index in [1.165, 1.54) is 16.7 Å². The Morgan fingerprint density at radius 1 is 0.939 bits per heavy atom. The summed E-state index contributed by atoms with van der Waals surface area (Å²) in [6, 6.07) is 20.7. The second-order valence-corrected chi connectivity index (χ2v) is 10.0. The van der Waals surface area contributed by atoms with Crippen LogP contribution < -0.4 is 0 Å². The molecule has 1 aliphatic carbocycles. The molecule has 4 nitrogen and oxygen atoms in total. The molecule has 0 saturated carbocycles. The molecule has 0 spiro atoms. The number of amides is 1. The van der Waals surface area contributed by atoms with Crippen LogP contribution in [0.3, 0.4) is 0 Å². The third-order valence-electron chi connectivity index (χ3n) is 7.25. The third kappa shape index (κ3) is 4.18. The zero-order valence-electron chi connectivity index (χ0n) is 19.3. The Morgan fingerprint density at radius 2 is 1.67 bits per heavy atom. The monoisotopic (exact) mass is 459 g/mol. The van der Waals surface area contributed by atoms with Gasteiger partial charge in [0, 0.05) is 37.4 Å². The minimum atomic E-state index is -0.538. The fourth-order valence-corrected chi connectivity index (χ4v) is 5.50. The first-order valence-electron chi connectivity index (χ1n) is 11.8. The number of pyridine rings is 1. The van der Waals surface area contributed by atoms with E-state index in [2.05, 4.69) is 23.1 Å². The van der Waals surface area contributed by atoms with Gasteiger partial charge in [-0.25, -0.2) is 0 Å². The van der Waals surface area contributed by atoms with Crippen LogP contribution in [0.4, 0.5) is 0 Å². The van der Waals surface area contributed by atoms with Gasteiger partial charge in [0.25, 0.3) is 0 Å². The molecule has 2 aromatic carbocycles. The molecule has 5 rings (SSSR count). The number of hydrogen-bond donors (Lipinski definition) is 0. The van der Waals surface area contributed by atoms with Crippen LogP contribution in [-0.4, -0.2) is 46.9 Å². The normalized spacial score (nSPS) is 18.9. The molecular formula is C28H30ClN3O. The molecule has 0 radical (unpaired) electrons. The van der Waals surface area contributed by atoms with Gasteiger partial charge in [-0.3, -0.25) is 14.7 Å². The first-order valence-corrected chi connectivity index (χ1v) is 12.1. The van der Waals surface area contributed by atoms with Crippen LogP contribution in [0.25, 0.3) is 0 Å². The third-order valence-corrected chi connectivity index (χ3v) is 7.48. The molecule has 1 atom stereocenters. The summed E-state index contributed by atoms with van der Waals surface area (Å²) in [5.41, 5.74) is 5.56. The molecule has 1 aromatic heterocycles. The molecule has 0 N–H and O–H groups in total. The number of halogens is 1. The maximum Gasteiger partial charge on any atom is 0.232 e. The van der Waals surface area contributed by atoms with E-state index in [0.717, 1.165) is 55.3 Å². The van der Waals surface area contributed by atoms with Gasteiger partial charge in [-0.15, -0.1) is 0 Å². The smallest absolute Gasteiger partial charge is 0.232 e. The van der Waals surface area contributed by atoms with Gasteiger partial charge in [-0.2, -0.15) is 0 Å². The number of carbonyl (C=O) groups is 1. The lowest BCUT2D eigenvalue weighted by atomic mass is 9.83. The van der Waals surface area contributed by atoms with Crippen molar-refractivity contribution in [1.82, 2.24) is 14.8 Å². The number of carbonyl (C=O) groups excluding carboxylic acids is 1. The van der Waals surface area contributed by atoms with E-state index in [9.17, 15) is 4.79 Å². The van der Waals surface area contributed by atoms with Crippen LogP contribution >= 0.6 is 11.6 Å². The molecule has 1 saturated heterocycles. The first kappa shape index (κ1) is 22.1. The molecular weight excluding hydrogens is 430 g/mol. The fourth-order valence-electron chi connectivity index (χ4n) is 5.31. The van der Waals surface area contributed by atoms with E-state index in [0.29, 0.717) is 0 Å². The Bertz CT molecular complexity index is 1150. The predicted octanol–water partition coefficient (Wildman–Crippen LogP) is 5.05. The lowest BCUT2D eigenvalue weighted by molar-refractivity contribution is -0.138. The van der Waals surface area contributed by atoms with Crippen molar-refractivity contribution in [3.63, 3.8) is 0 Å². The Morgan fingerprint density at radius 3 is 2.42 bits per heavy atom. The molecule has 33 heavy (non-hydrogen) atoms. The van der Waals surface area contributed by atoms with Crippen molar-refractivity contribution >= 4 is 17.5 Å². The summed E-state index contributed by atoms with van der Waals surface area (Å²) >= 11 is 6.35. The molecule has 1 unspecified atom stereocenters. The molecule has 2 heterocycles. The number of piperazine rings is 1. The average Bonchev–Trinajstić information content (AvgIpc) is 3.01. The number of nitrogens with zero attached hydrogens (tertiary/aromatic N) is 3. The predicted molar refractivity (Wildman–Crippen MR) is 133 cm³/mol. The van der Waals surface area contributed by atoms with Gasteiger partial charge in [0.2, 0.25) is 5.91 Å². The summed E-state index contributed by atoms with van der Waals surface area (Å²) < 4.78 is 0. The first-order chi connectivity index (χ1) is 15.9. The summed E-state index contributed by atoms with van der Waals surface area (Å²) in [6.07, 6.45) is 3.83. The van der Waals surface area contributed by atoms with E-state index >= 15 is 0 Å². The number of fused-ring (bicyclic) bond motifs is 2. The summed E-state index contributed by atoms with van der Waals surface area (Å²) in [6.45, 7) is 7.14. The molecule has 1 aliphatic heterocycles. The van der Waals surface area contributed by atoms with Crippen molar-refractivity contribution in [2.45, 2.75) is 38.1 Å². The van der Waals surface area contributed by atoms with Crippen molar-refractivity contribution in [3.8, 4) is 0 Å². The fraction of sp³-hybridized carbons (Fsp3) is 0.357. The van der Waals surface area contributed by atoms with Gasteiger partial charge in [-0.05, 0) is 67.1 Å². The van der Waals surface area contributed by atoms with E-state index < -0.39 is 5.41 Å². The van der Waals surface area contributed by atoms with Gasteiger partial charge < -0.3 is 4.90 Å². The summed E-state index contributed by atoms with van der Waals surface area (Å²) in [4.78, 5) is 22.8. The van der Waals surface area contributed by atoms with E-state index in [4.69, 9.17) is 16.6 Å². The molecule has 170 valence electrons. The number of rotatable bonds is 3. The van der Waals surface area contributed by atoms with Crippen LogP contribution in [0.5, 0.6) is 0 Å². The summed E-state index contributed by atoms with van der Waals surface area (Å²) in [5.74, 6) is 0.194. The van der Waals surface area contributed by atoms with Crippen molar-refractivity contribution in [2.75, 3.05) is 26.2 Å². The van der Waals surface area contributed by atoms with E-state index in [-0.39, 0.29) is 11.9 Å². The minimum absolute atomic E-state index is 0.0929. The summed E-state index contributed by atoms with van der Waals surface area (Å²) in [5, 5.41) is 0.782. The zero-order chi connectivity index (χ0) is 23.0. The van der Waals surface area contributed by atoms with E-state index in [1.54, 1.807) is 0 Å². The largest absolute Gasteiger partial charge is 0.339 e. The molecule has 2 aliphatic rings. The van der Waals surface area contributed by atoms with Crippen LogP contribution in [0.15, 0.2) is 66.9 Å². The van der Waals surface area contributed by atoms with Crippen molar-refractivity contribution < 1.29 is 4.79 Å². The highest BCUT2D eigenvalue weighted by atomic mass is 35.5. The van der Waals surface area contributed by atoms with Crippen LogP contribution in [0, 0.1) is 0 Å². The Labute approximate surface area is 201 Å². The average molecular weight is 460 g/mol. The van der Waals surface area contributed by atoms with Crippen LogP contribution in [0.2, 0.25) is 5.02 Å². The van der Waals surface area contributed by atoms with Crippen molar-refractivity contribution in [3.05, 3.63) is 99.8 Å². The molecule has 0 bridgehead atoms. The summed E-state index contributed by atoms with van der Waals surface area (Å²) in [7, 11) is 0. The maximum absolute atomic E-state index is 13.5. The molecule has 1 amide bonds. The topological polar surface area (TPSA) is 36.4 Å². The SMILES string of the molecule is CC(C)(C(=O)N1CCN(C2c3ccc(Cl)cc3CCc3cccnc32)CC1)c1ccccc1.